The number of hydrogen-bond donors (Lipinski definition) is 1. The first-order valence-electron chi connectivity index (χ1n) is 6.58. The van der Waals surface area contributed by atoms with Gasteiger partial charge >= 0.3 is 0 Å². The van der Waals surface area contributed by atoms with E-state index >= 15 is 0 Å². The number of nitrogens with one attached hydrogen (secondary N) is 1. The van der Waals surface area contributed by atoms with Crippen LogP contribution in [0.25, 0.3) is 11.5 Å². The summed E-state index contributed by atoms with van der Waals surface area (Å²) in [5, 5.41) is 11.3. The molecule has 0 saturated carbocycles. The van der Waals surface area contributed by atoms with E-state index in [0.717, 1.165) is 30.0 Å². The van der Waals surface area contributed by atoms with Crippen LogP contribution in [0.2, 0.25) is 0 Å². The fourth-order valence-corrected chi connectivity index (χ4v) is 1.91. The van der Waals surface area contributed by atoms with Crippen molar-refractivity contribution in [1.29, 1.82) is 0 Å². The highest BCUT2D eigenvalue weighted by Crippen LogP contribution is 2.17. The van der Waals surface area contributed by atoms with Crippen molar-refractivity contribution in [3.63, 3.8) is 0 Å². The molecule has 0 aliphatic carbocycles. The fourth-order valence-electron chi connectivity index (χ4n) is 1.91. The van der Waals surface area contributed by atoms with E-state index in [4.69, 9.17) is 4.74 Å². The number of methoxy groups -OCH3 is 1. The number of ether oxygens (including phenoxy) is 1. The van der Waals surface area contributed by atoms with Crippen molar-refractivity contribution in [2.24, 2.45) is 0 Å². The van der Waals surface area contributed by atoms with Crippen LogP contribution in [-0.2, 0) is 6.54 Å². The molecule has 0 amide bonds. The molecule has 2 rings (SSSR count). The standard InChI is InChI=1S/C14H19N5O/c1-5-15-8-11-9(2)16-14(17-10(11)3)12-6-7-13(20-4)19-18-12/h6-7,15H,5,8H2,1-4H3. The highest BCUT2D eigenvalue weighted by atomic mass is 16.5. The first-order valence-corrected chi connectivity index (χ1v) is 6.58. The molecule has 0 atom stereocenters. The van der Waals surface area contributed by atoms with Crippen LogP contribution in [0, 0.1) is 13.8 Å². The molecule has 2 aromatic heterocycles. The molecule has 1 N–H and O–H groups in total. The number of nitrogens with zero attached hydrogens (tertiary/aromatic N) is 4. The van der Waals surface area contributed by atoms with Gasteiger partial charge in [0, 0.05) is 29.6 Å². The van der Waals surface area contributed by atoms with Crippen molar-refractivity contribution >= 4 is 0 Å². The zero-order valence-electron chi connectivity index (χ0n) is 12.3. The normalized spacial score (nSPS) is 10.6. The van der Waals surface area contributed by atoms with Gasteiger partial charge in [-0.25, -0.2) is 9.97 Å². The van der Waals surface area contributed by atoms with Crippen molar-refractivity contribution in [1.82, 2.24) is 25.5 Å². The first kappa shape index (κ1) is 14.3. The van der Waals surface area contributed by atoms with E-state index < -0.39 is 0 Å². The van der Waals surface area contributed by atoms with E-state index in [0.29, 0.717) is 17.4 Å². The summed E-state index contributed by atoms with van der Waals surface area (Å²) in [4.78, 5) is 9.04. The van der Waals surface area contributed by atoms with Crippen LogP contribution in [-0.4, -0.2) is 33.8 Å². The lowest BCUT2D eigenvalue weighted by atomic mass is 10.1. The zero-order valence-corrected chi connectivity index (χ0v) is 12.3. The van der Waals surface area contributed by atoms with E-state index in [9.17, 15) is 0 Å². The molecular formula is C14H19N5O. The molecule has 0 fully saturated rings. The van der Waals surface area contributed by atoms with Crippen molar-refractivity contribution < 1.29 is 4.74 Å². The molecule has 0 saturated heterocycles. The fraction of sp³-hybridized carbons (Fsp3) is 0.429. The zero-order chi connectivity index (χ0) is 14.5. The predicted octanol–water partition coefficient (Wildman–Crippen LogP) is 1.67. The van der Waals surface area contributed by atoms with Gasteiger partial charge in [0.15, 0.2) is 5.82 Å². The highest BCUT2D eigenvalue weighted by Gasteiger charge is 2.11. The summed E-state index contributed by atoms with van der Waals surface area (Å²) in [5.41, 5.74) is 3.71. The Morgan fingerprint density at radius 2 is 1.80 bits per heavy atom. The largest absolute Gasteiger partial charge is 0.480 e. The van der Waals surface area contributed by atoms with Crippen LogP contribution in [0.4, 0.5) is 0 Å². The second-order valence-corrected chi connectivity index (χ2v) is 4.44. The van der Waals surface area contributed by atoms with Gasteiger partial charge < -0.3 is 10.1 Å². The summed E-state index contributed by atoms with van der Waals surface area (Å²) >= 11 is 0. The number of aromatic nitrogens is 4. The second-order valence-electron chi connectivity index (χ2n) is 4.44. The minimum absolute atomic E-state index is 0.478. The molecule has 0 aromatic carbocycles. The Kier molecular flexibility index (Phi) is 4.57. The van der Waals surface area contributed by atoms with Crippen LogP contribution in [0.5, 0.6) is 5.88 Å². The van der Waals surface area contributed by atoms with Gasteiger partial charge in [0.1, 0.15) is 5.69 Å². The molecule has 0 unspecified atom stereocenters. The maximum atomic E-state index is 4.99. The summed E-state index contributed by atoms with van der Waals surface area (Å²) in [6.45, 7) is 7.75. The molecule has 2 aromatic rings. The van der Waals surface area contributed by atoms with E-state index in [1.165, 1.54) is 0 Å². The summed E-state index contributed by atoms with van der Waals surface area (Å²) in [6.07, 6.45) is 0. The van der Waals surface area contributed by atoms with Gasteiger partial charge in [-0.2, -0.15) is 0 Å². The maximum Gasteiger partial charge on any atom is 0.233 e. The molecule has 0 spiro atoms. The second kappa shape index (κ2) is 6.38. The molecule has 106 valence electrons. The average Bonchev–Trinajstić information content (AvgIpc) is 2.46. The molecule has 6 heteroatoms. The monoisotopic (exact) mass is 273 g/mol. The summed E-state index contributed by atoms with van der Waals surface area (Å²) in [6, 6.07) is 3.56. The van der Waals surface area contributed by atoms with Crippen LogP contribution < -0.4 is 10.1 Å². The molecule has 0 bridgehead atoms. The van der Waals surface area contributed by atoms with Crippen LogP contribution >= 0.6 is 0 Å². The van der Waals surface area contributed by atoms with Gasteiger partial charge in [-0.3, -0.25) is 0 Å². The minimum Gasteiger partial charge on any atom is -0.480 e. The Morgan fingerprint density at radius 1 is 1.10 bits per heavy atom. The minimum atomic E-state index is 0.478. The highest BCUT2D eigenvalue weighted by molar-refractivity contribution is 5.50. The Hall–Kier alpha value is -2.08. The lowest BCUT2D eigenvalue weighted by molar-refractivity contribution is 0.392. The van der Waals surface area contributed by atoms with Crippen LogP contribution in [0.3, 0.4) is 0 Å². The van der Waals surface area contributed by atoms with E-state index in [1.807, 2.05) is 19.9 Å². The Balaban J connectivity index is 2.33. The quantitative estimate of drug-likeness (QED) is 0.893. The number of hydrogen-bond acceptors (Lipinski definition) is 6. The van der Waals surface area contributed by atoms with E-state index in [2.05, 4.69) is 32.4 Å². The maximum absolute atomic E-state index is 4.99. The van der Waals surface area contributed by atoms with Gasteiger partial charge in [0.25, 0.3) is 0 Å². The van der Waals surface area contributed by atoms with Gasteiger partial charge in [-0.1, -0.05) is 6.92 Å². The van der Waals surface area contributed by atoms with Gasteiger partial charge in [-0.15, -0.1) is 10.2 Å². The van der Waals surface area contributed by atoms with Crippen molar-refractivity contribution in [2.45, 2.75) is 27.3 Å². The predicted molar refractivity (Wildman–Crippen MR) is 76.5 cm³/mol. The molecule has 0 radical (unpaired) electrons. The first-order chi connectivity index (χ1) is 9.65. The van der Waals surface area contributed by atoms with Crippen LogP contribution in [0.1, 0.15) is 23.9 Å². The van der Waals surface area contributed by atoms with Crippen LogP contribution in [0.15, 0.2) is 12.1 Å². The SMILES string of the molecule is CCNCc1c(C)nc(-c2ccc(OC)nn2)nc1C. The summed E-state index contributed by atoms with van der Waals surface area (Å²) < 4.78 is 4.99. The summed E-state index contributed by atoms with van der Waals surface area (Å²) in [5.74, 6) is 1.07. The summed E-state index contributed by atoms with van der Waals surface area (Å²) in [7, 11) is 1.56. The number of rotatable bonds is 5. The third-order valence-electron chi connectivity index (χ3n) is 3.05. The lowest BCUT2D eigenvalue weighted by Gasteiger charge is -2.10. The third-order valence-corrected chi connectivity index (χ3v) is 3.05. The van der Waals surface area contributed by atoms with Crippen molar-refractivity contribution in [3.05, 3.63) is 29.1 Å². The van der Waals surface area contributed by atoms with Gasteiger partial charge in [0.05, 0.1) is 7.11 Å². The van der Waals surface area contributed by atoms with E-state index in [1.54, 1.807) is 13.2 Å². The third kappa shape index (κ3) is 3.08. The van der Waals surface area contributed by atoms with Crippen molar-refractivity contribution in [2.75, 3.05) is 13.7 Å². The Morgan fingerprint density at radius 3 is 2.30 bits per heavy atom. The van der Waals surface area contributed by atoms with Gasteiger partial charge in [0.2, 0.25) is 5.88 Å². The smallest absolute Gasteiger partial charge is 0.233 e. The molecule has 6 nitrogen and oxygen atoms in total. The van der Waals surface area contributed by atoms with Crippen molar-refractivity contribution in [3.8, 4) is 17.4 Å². The average molecular weight is 273 g/mol. The number of aryl methyl sites for hydroxylation is 2. The Bertz CT molecular complexity index is 560. The Labute approximate surface area is 118 Å². The molecule has 20 heavy (non-hydrogen) atoms. The molecule has 0 aliphatic heterocycles. The van der Waals surface area contributed by atoms with E-state index in [-0.39, 0.29) is 0 Å². The van der Waals surface area contributed by atoms with Gasteiger partial charge in [-0.05, 0) is 26.5 Å². The molecule has 2 heterocycles. The topological polar surface area (TPSA) is 72.8 Å². The lowest BCUT2D eigenvalue weighted by Crippen LogP contribution is -2.15. The molecular weight excluding hydrogens is 254 g/mol. The molecule has 0 aliphatic rings.